The Morgan fingerprint density at radius 3 is 2.65 bits per heavy atom. The number of anilines is 1. The van der Waals surface area contributed by atoms with Crippen LogP contribution >= 0.6 is 11.3 Å². The molecule has 0 aromatic carbocycles. The normalized spacial score (nSPS) is 12.2. The van der Waals surface area contributed by atoms with E-state index >= 15 is 0 Å². The zero-order valence-electron chi connectivity index (χ0n) is 11.7. The highest BCUT2D eigenvalue weighted by atomic mass is 32.2. The van der Waals surface area contributed by atoms with Crippen molar-refractivity contribution < 1.29 is 8.42 Å². The number of sulfonamides is 1. The predicted octanol–water partition coefficient (Wildman–Crippen LogP) is 1.58. The van der Waals surface area contributed by atoms with Crippen LogP contribution in [-0.4, -0.2) is 29.0 Å². The summed E-state index contributed by atoms with van der Waals surface area (Å²) >= 11 is 1.53. The van der Waals surface area contributed by atoms with Crippen molar-refractivity contribution in [2.24, 2.45) is 7.05 Å². The van der Waals surface area contributed by atoms with Crippen LogP contribution in [0, 0.1) is 6.92 Å². The number of nitrogens with zero attached hydrogens (tertiary/aromatic N) is 3. The first kappa shape index (κ1) is 15.0. The van der Waals surface area contributed by atoms with E-state index in [4.69, 9.17) is 5.73 Å². The lowest BCUT2D eigenvalue weighted by Gasteiger charge is -2.19. The van der Waals surface area contributed by atoms with E-state index in [9.17, 15) is 8.42 Å². The molecule has 0 aliphatic rings. The molecule has 110 valence electrons. The van der Waals surface area contributed by atoms with Gasteiger partial charge in [-0.2, -0.15) is 9.40 Å². The number of hydrogen-bond acceptors (Lipinski definition) is 5. The van der Waals surface area contributed by atoms with E-state index in [1.54, 1.807) is 14.0 Å². The summed E-state index contributed by atoms with van der Waals surface area (Å²) in [6.45, 7) is 4.25. The van der Waals surface area contributed by atoms with Crippen LogP contribution in [0.2, 0.25) is 0 Å². The average Bonchev–Trinajstić information content (AvgIpc) is 2.95. The van der Waals surface area contributed by atoms with E-state index < -0.39 is 10.0 Å². The molecule has 2 aromatic rings. The van der Waals surface area contributed by atoms with Crippen LogP contribution in [0.3, 0.4) is 0 Å². The van der Waals surface area contributed by atoms with Crippen molar-refractivity contribution in [3.63, 3.8) is 0 Å². The molecule has 2 heterocycles. The second-order valence-electron chi connectivity index (χ2n) is 4.43. The lowest BCUT2D eigenvalue weighted by Crippen LogP contribution is -2.31. The zero-order valence-corrected chi connectivity index (χ0v) is 13.3. The van der Waals surface area contributed by atoms with Gasteiger partial charge in [0.2, 0.25) is 10.0 Å². The minimum absolute atomic E-state index is 0.0506. The number of aryl methyl sites for hydroxylation is 1. The van der Waals surface area contributed by atoms with Gasteiger partial charge in [-0.25, -0.2) is 8.42 Å². The summed E-state index contributed by atoms with van der Waals surface area (Å²) in [5.74, 6) is 0.0506. The van der Waals surface area contributed by atoms with E-state index in [1.165, 1.54) is 20.3 Å². The third-order valence-electron chi connectivity index (χ3n) is 3.17. The first-order valence-corrected chi connectivity index (χ1v) is 8.51. The molecule has 0 saturated carbocycles. The third kappa shape index (κ3) is 2.58. The summed E-state index contributed by atoms with van der Waals surface area (Å²) in [6, 6.07) is 3.83. The molecule has 0 aliphatic heterocycles. The van der Waals surface area contributed by atoms with E-state index in [2.05, 4.69) is 5.10 Å². The molecule has 6 nitrogen and oxygen atoms in total. The van der Waals surface area contributed by atoms with Crippen molar-refractivity contribution in [3.05, 3.63) is 28.1 Å². The highest BCUT2D eigenvalue weighted by Gasteiger charge is 2.30. The van der Waals surface area contributed by atoms with Crippen molar-refractivity contribution in [2.75, 3.05) is 12.3 Å². The van der Waals surface area contributed by atoms with Crippen molar-refractivity contribution in [3.8, 4) is 0 Å². The smallest absolute Gasteiger partial charge is 0.248 e. The average molecular weight is 314 g/mol. The Labute approximate surface area is 122 Å². The fourth-order valence-corrected chi connectivity index (χ4v) is 4.52. The number of nitrogens with two attached hydrogens (primary N) is 1. The van der Waals surface area contributed by atoms with Crippen LogP contribution < -0.4 is 5.73 Å². The van der Waals surface area contributed by atoms with Gasteiger partial charge in [0.05, 0.1) is 5.69 Å². The summed E-state index contributed by atoms with van der Waals surface area (Å²) in [5.41, 5.74) is 6.31. The minimum Gasteiger partial charge on any atom is -0.381 e. The summed E-state index contributed by atoms with van der Waals surface area (Å²) in [4.78, 5) is 1.11. The number of aromatic nitrogens is 2. The van der Waals surface area contributed by atoms with E-state index in [-0.39, 0.29) is 10.7 Å². The monoisotopic (exact) mass is 314 g/mol. The highest BCUT2D eigenvalue weighted by Crippen LogP contribution is 2.26. The molecule has 2 N–H and O–H groups in total. The van der Waals surface area contributed by atoms with E-state index in [1.807, 2.05) is 24.4 Å². The fraction of sp³-hybridized carbons (Fsp3) is 0.417. The molecule has 0 amide bonds. The summed E-state index contributed by atoms with van der Waals surface area (Å²) in [6.07, 6.45) is 0. The van der Waals surface area contributed by atoms with Gasteiger partial charge >= 0.3 is 0 Å². The van der Waals surface area contributed by atoms with Gasteiger partial charge in [0.15, 0.2) is 5.82 Å². The Hall–Kier alpha value is -1.38. The lowest BCUT2D eigenvalue weighted by atomic mass is 10.4. The first-order valence-electron chi connectivity index (χ1n) is 6.19. The SMILES string of the molecule is CCN(Cc1cccs1)S(=O)(=O)c1c(N)nn(C)c1C. The molecule has 20 heavy (non-hydrogen) atoms. The topological polar surface area (TPSA) is 81.2 Å². The number of thiophene rings is 1. The molecule has 0 fully saturated rings. The van der Waals surface area contributed by atoms with E-state index in [0.717, 1.165) is 4.88 Å². The highest BCUT2D eigenvalue weighted by molar-refractivity contribution is 7.89. The van der Waals surface area contributed by atoms with Gasteiger partial charge in [0, 0.05) is 25.0 Å². The van der Waals surface area contributed by atoms with Crippen LogP contribution in [0.1, 0.15) is 17.5 Å². The Bertz CT molecular complexity index is 689. The van der Waals surface area contributed by atoms with Crippen molar-refractivity contribution in [2.45, 2.75) is 25.3 Å². The van der Waals surface area contributed by atoms with Crippen LogP contribution in [0.15, 0.2) is 22.4 Å². The van der Waals surface area contributed by atoms with Gasteiger partial charge in [0.25, 0.3) is 0 Å². The molecule has 8 heteroatoms. The molecule has 0 unspecified atom stereocenters. The Morgan fingerprint density at radius 1 is 1.50 bits per heavy atom. The summed E-state index contributed by atoms with van der Waals surface area (Å²) in [5, 5.41) is 5.91. The van der Waals surface area contributed by atoms with Crippen LogP contribution in [0.4, 0.5) is 5.82 Å². The number of hydrogen-bond donors (Lipinski definition) is 1. The molecule has 0 spiro atoms. The molecular weight excluding hydrogens is 296 g/mol. The molecular formula is C12H18N4O2S2. The lowest BCUT2D eigenvalue weighted by molar-refractivity contribution is 0.426. The van der Waals surface area contributed by atoms with E-state index in [0.29, 0.717) is 18.8 Å². The maximum atomic E-state index is 12.7. The fourth-order valence-electron chi connectivity index (χ4n) is 2.01. The molecule has 2 aromatic heterocycles. The van der Waals surface area contributed by atoms with Crippen LogP contribution in [0.25, 0.3) is 0 Å². The Kier molecular flexibility index (Phi) is 4.17. The summed E-state index contributed by atoms with van der Waals surface area (Å²) in [7, 11) is -1.96. The second kappa shape index (κ2) is 5.55. The second-order valence-corrected chi connectivity index (χ2v) is 7.34. The third-order valence-corrected chi connectivity index (χ3v) is 6.12. The zero-order chi connectivity index (χ0) is 14.9. The minimum atomic E-state index is -3.64. The maximum Gasteiger partial charge on any atom is 0.248 e. The summed E-state index contributed by atoms with van der Waals surface area (Å²) < 4.78 is 28.4. The molecule has 0 saturated heterocycles. The molecule has 2 rings (SSSR count). The van der Waals surface area contributed by atoms with Gasteiger partial charge in [-0.3, -0.25) is 4.68 Å². The predicted molar refractivity (Wildman–Crippen MR) is 79.9 cm³/mol. The first-order chi connectivity index (χ1) is 9.37. The Morgan fingerprint density at radius 2 is 2.20 bits per heavy atom. The number of nitrogen functional groups attached to an aromatic ring is 1. The van der Waals surface area contributed by atoms with Crippen molar-refractivity contribution >= 4 is 27.2 Å². The van der Waals surface area contributed by atoms with Gasteiger partial charge in [0.1, 0.15) is 4.90 Å². The quantitative estimate of drug-likeness (QED) is 0.908. The molecule has 0 bridgehead atoms. The van der Waals surface area contributed by atoms with Crippen LogP contribution in [-0.2, 0) is 23.6 Å². The Balaban J connectivity index is 2.41. The number of rotatable bonds is 5. The van der Waals surface area contributed by atoms with Gasteiger partial charge in [-0.15, -0.1) is 11.3 Å². The largest absolute Gasteiger partial charge is 0.381 e. The van der Waals surface area contributed by atoms with Gasteiger partial charge in [-0.1, -0.05) is 13.0 Å². The maximum absolute atomic E-state index is 12.7. The van der Waals surface area contributed by atoms with Gasteiger partial charge < -0.3 is 5.73 Å². The molecule has 0 atom stereocenters. The van der Waals surface area contributed by atoms with Crippen molar-refractivity contribution in [1.29, 1.82) is 0 Å². The molecule has 0 radical (unpaired) electrons. The van der Waals surface area contributed by atoms with Crippen LogP contribution in [0.5, 0.6) is 0 Å². The standard InChI is InChI=1S/C12H18N4O2S2/c1-4-16(8-10-6-5-7-19-10)20(17,18)11-9(2)15(3)14-12(11)13/h5-7H,4,8H2,1-3H3,(H2,13,14). The van der Waals surface area contributed by atoms with Gasteiger partial charge in [-0.05, 0) is 18.4 Å². The molecule has 0 aliphatic carbocycles. The van der Waals surface area contributed by atoms with Crippen molar-refractivity contribution in [1.82, 2.24) is 14.1 Å².